The van der Waals surface area contributed by atoms with Crippen LogP contribution in [0.25, 0.3) is 11.0 Å². The molecule has 2 heterocycles. The molecule has 0 saturated carbocycles. The van der Waals surface area contributed by atoms with Crippen molar-refractivity contribution in [2.75, 3.05) is 7.11 Å². The second-order valence-corrected chi connectivity index (χ2v) is 4.89. The first kappa shape index (κ1) is 14.2. The maximum atomic E-state index is 11.9. The summed E-state index contributed by atoms with van der Waals surface area (Å²) in [5, 5.41) is 4.64. The fourth-order valence-corrected chi connectivity index (χ4v) is 2.17. The van der Waals surface area contributed by atoms with Crippen LogP contribution >= 0.6 is 0 Å². The van der Waals surface area contributed by atoms with Gasteiger partial charge in [-0.1, -0.05) is 5.16 Å². The number of hydrogen-bond donors (Lipinski definition) is 0. The number of hydrogen-bond acceptors (Lipinski definition) is 6. The zero-order valence-corrected chi connectivity index (χ0v) is 12.3. The molecule has 1 aromatic carbocycles. The van der Waals surface area contributed by atoms with Crippen LogP contribution in [0.1, 0.15) is 17.0 Å². The maximum Gasteiger partial charge on any atom is 0.310 e. The van der Waals surface area contributed by atoms with Gasteiger partial charge in [0.2, 0.25) is 0 Å². The van der Waals surface area contributed by atoms with Crippen molar-refractivity contribution in [1.29, 1.82) is 0 Å². The maximum absolute atomic E-state index is 11.9. The van der Waals surface area contributed by atoms with Crippen molar-refractivity contribution in [2.24, 2.45) is 0 Å². The molecule has 0 aliphatic rings. The number of carbonyl (C=O) groups is 1. The van der Waals surface area contributed by atoms with E-state index in [0.29, 0.717) is 22.8 Å². The highest BCUT2D eigenvalue weighted by Crippen LogP contribution is 2.26. The number of fused-ring (bicyclic) bond motifs is 1. The van der Waals surface area contributed by atoms with Crippen molar-refractivity contribution in [1.82, 2.24) is 5.16 Å². The lowest BCUT2D eigenvalue weighted by Crippen LogP contribution is -2.07. The molecular weight excluding hydrogens is 286 g/mol. The molecule has 0 radical (unpaired) electrons. The Bertz CT molecular complexity index is 802. The second kappa shape index (κ2) is 5.93. The van der Waals surface area contributed by atoms with Gasteiger partial charge in [0.05, 0.1) is 19.8 Å². The standard InChI is InChI=1S/C16H15NO5/c1-10-5-12(17-22-10)9-21-16(18)6-11-8-20-15-7-13(19-2)3-4-14(11)15/h3-5,7-8H,6,9H2,1-2H3. The molecule has 3 aromatic rings. The lowest BCUT2D eigenvalue weighted by Gasteiger charge is -2.02. The number of methoxy groups -OCH3 is 1. The molecule has 0 fully saturated rings. The van der Waals surface area contributed by atoms with Gasteiger partial charge in [0.1, 0.15) is 29.4 Å². The van der Waals surface area contributed by atoms with Gasteiger partial charge >= 0.3 is 5.97 Å². The van der Waals surface area contributed by atoms with E-state index in [9.17, 15) is 4.79 Å². The smallest absolute Gasteiger partial charge is 0.310 e. The number of benzene rings is 1. The summed E-state index contributed by atoms with van der Waals surface area (Å²) in [6.07, 6.45) is 1.70. The van der Waals surface area contributed by atoms with Gasteiger partial charge in [-0.25, -0.2) is 0 Å². The molecule has 2 aromatic heterocycles. The summed E-state index contributed by atoms with van der Waals surface area (Å²) in [5.74, 6) is 1.04. The Hall–Kier alpha value is -2.76. The summed E-state index contributed by atoms with van der Waals surface area (Å²) in [5.41, 5.74) is 2.04. The summed E-state index contributed by atoms with van der Waals surface area (Å²) >= 11 is 0. The first-order valence-electron chi connectivity index (χ1n) is 6.77. The zero-order chi connectivity index (χ0) is 15.5. The minimum absolute atomic E-state index is 0.0970. The van der Waals surface area contributed by atoms with Crippen LogP contribution in [-0.2, 0) is 22.6 Å². The fraction of sp³-hybridized carbons (Fsp3) is 0.250. The molecule has 0 amide bonds. The number of furan rings is 1. The van der Waals surface area contributed by atoms with Gasteiger partial charge in [0, 0.05) is 23.1 Å². The van der Waals surface area contributed by atoms with Gasteiger partial charge in [-0.15, -0.1) is 0 Å². The molecule has 0 spiro atoms. The molecule has 0 saturated heterocycles. The normalized spacial score (nSPS) is 10.8. The summed E-state index contributed by atoms with van der Waals surface area (Å²) in [7, 11) is 1.59. The van der Waals surface area contributed by atoms with Gasteiger partial charge in [0.15, 0.2) is 0 Å². The summed E-state index contributed by atoms with van der Waals surface area (Å²) in [6, 6.07) is 7.20. The lowest BCUT2D eigenvalue weighted by molar-refractivity contribution is -0.144. The third-order valence-electron chi connectivity index (χ3n) is 3.26. The van der Waals surface area contributed by atoms with Crippen LogP contribution < -0.4 is 4.74 Å². The average molecular weight is 301 g/mol. The van der Waals surface area contributed by atoms with E-state index in [1.54, 1.807) is 32.4 Å². The number of ether oxygens (including phenoxy) is 2. The molecule has 0 bridgehead atoms. The number of esters is 1. The monoisotopic (exact) mass is 301 g/mol. The first-order chi connectivity index (χ1) is 10.7. The Morgan fingerprint density at radius 3 is 2.91 bits per heavy atom. The molecule has 6 heteroatoms. The third-order valence-corrected chi connectivity index (χ3v) is 3.26. The third kappa shape index (κ3) is 2.95. The highest BCUT2D eigenvalue weighted by Gasteiger charge is 2.13. The first-order valence-corrected chi connectivity index (χ1v) is 6.77. The van der Waals surface area contributed by atoms with Crippen LogP contribution in [-0.4, -0.2) is 18.2 Å². The molecule has 22 heavy (non-hydrogen) atoms. The van der Waals surface area contributed by atoms with E-state index in [1.807, 2.05) is 12.1 Å². The largest absolute Gasteiger partial charge is 0.497 e. The average Bonchev–Trinajstić information content (AvgIpc) is 3.11. The van der Waals surface area contributed by atoms with Crippen LogP contribution in [0.5, 0.6) is 5.75 Å². The quantitative estimate of drug-likeness (QED) is 0.674. The van der Waals surface area contributed by atoms with E-state index < -0.39 is 0 Å². The van der Waals surface area contributed by atoms with Crippen molar-refractivity contribution < 1.29 is 23.2 Å². The van der Waals surface area contributed by atoms with Crippen molar-refractivity contribution in [2.45, 2.75) is 20.0 Å². The van der Waals surface area contributed by atoms with Crippen LogP contribution in [0.15, 0.2) is 39.5 Å². The van der Waals surface area contributed by atoms with Crippen LogP contribution in [0.4, 0.5) is 0 Å². The predicted molar refractivity (Wildman–Crippen MR) is 77.5 cm³/mol. The van der Waals surface area contributed by atoms with E-state index in [-0.39, 0.29) is 19.0 Å². The highest BCUT2D eigenvalue weighted by molar-refractivity contribution is 5.86. The topological polar surface area (TPSA) is 74.7 Å². The molecule has 114 valence electrons. The molecule has 6 nitrogen and oxygen atoms in total. The second-order valence-electron chi connectivity index (χ2n) is 4.89. The minimum atomic E-state index is -0.348. The fourth-order valence-electron chi connectivity index (χ4n) is 2.17. The zero-order valence-electron chi connectivity index (χ0n) is 12.3. The minimum Gasteiger partial charge on any atom is -0.497 e. The Morgan fingerprint density at radius 2 is 2.18 bits per heavy atom. The summed E-state index contributed by atoms with van der Waals surface area (Å²) < 4.78 is 20.7. The van der Waals surface area contributed by atoms with E-state index in [0.717, 1.165) is 10.9 Å². The number of aromatic nitrogens is 1. The van der Waals surface area contributed by atoms with Crippen LogP contribution in [0.3, 0.4) is 0 Å². The van der Waals surface area contributed by atoms with Gasteiger partial charge in [-0.3, -0.25) is 4.79 Å². The van der Waals surface area contributed by atoms with Gasteiger partial charge in [-0.05, 0) is 19.1 Å². The SMILES string of the molecule is COc1ccc2c(CC(=O)OCc3cc(C)on3)coc2c1. The summed E-state index contributed by atoms with van der Waals surface area (Å²) in [4.78, 5) is 11.9. The predicted octanol–water partition coefficient (Wildman–Crippen LogP) is 3.02. The van der Waals surface area contributed by atoms with Gasteiger partial charge < -0.3 is 18.4 Å². The summed E-state index contributed by atoms with van der Waals surface area (Å²) in [6.45, 7) is 1.88. The van der Waals surface area contributed by atoms with Crippen molar-refractivity contribution in [3.8, 4) is 5.75 Å². The van der Waals surface area contributed by atoms with E-state index >= 15 is 0 Å². The molecule has 0 aliphatic heterocycles. The van der Waals surface area contributed by atoms with Gasteiger partial charge in [-0.2, -0.15) is 0 Å². The molecule has 0 aliphatic carbocycles. The molecule has 0 atom stereocenters. The number of carbonyl (C=O) groups excluding carboxylic acids is 1. The number of aryl methyl sites for hydroxylation is 1. The van der Waals surface area contributed by atoms with E-state index in [1.165, 1.54) is 0 Å². The highest BCUT2D eigenvalue weighted by atomic mass is 16.5. The molecule has 0 unspecified atom stereocenters. The number of rotatable bonds is 5. The Kier molecular flexibility index (Phi) is 3.82. The molecule has 3 rings (SSSR count). The van der Waals surface area contributed by atoms with Crippen LogP contribution in [0.2, 0.25) is 0 Å². The molecular formula is C16H15NO5. The lowest BCUT2D eigenvalue weighted by atomic mass is 10.1. The number of nitrogens with zero attached hydrogens (tertiary/aromatic N) is 1. The van der Waals surface area contributed by atoms with Crippen molar-refractivity contribution in [3.05, 3.63) is 47.5 Å². The Morgan fingerprint density at radius 1 is 1.32 bits per heavy atom. The van der Waals surface area contributed by atoms with Gasteiger partial charge in [0.25, 0.3) is 0 Å². The Balaban J connectivity index is 1.66. The van der Waals surface area contributed by atoms with Crippen molar-refractivity contribution >= 4 is 16.9 Å². The van der Waals surface area contributed by atoms with E-state index in [2.05, 4.69) is 5.16 Å². The van der Waals surface area contributed by atoms with Crippen molar-refractivity contribution in [3.63, 3.8) is 0 Å². The van der Waals surface area contributed by atoms with E-state index in [4.69, 9.17) is 18.4 Å². The molecule has 0 N–H and O–H groups in total. The Labute approximate surface area is 126 Å². The van der Waals surface area contributed by atoms with Crippen LogP contribution in [0, 0.1) is 6.92 Å².